The number of halogens is 1. The summed E-state index contributed by atoms with van der Waals surface area (Å²) in [4.78, 5) is 4.90. The van der Waals surface area contributed by atoms with Gasteiger partial charge in [-0.2, -0.15) is 0 Å². The van der Waals surface area contributed by atoms with Crippen LogP contribution in [0.2, 0.25) is 0 Å². The predicted molar refractivity (Wildman–Crippen MR) is 120 cm³/mol. The Morgan fingerprint density at radius 2 is 1.81 bits per heavy atom. The van der Waals surface area contributed by atoms with E-state index in [1.54, 1.807) is 12.1 Å². The second-order valence-electron chi connectivity index (χ2n) is 9.19. The highest BCUT2D eigenvalue weighted by molar-refractivity contribution is 5.76. The van der Waals surface area contributed by atoms with Gasteiger partial charge in [0.2, 0.25) is 0 Å². The Bertz CT molecular complexity index is 1010. The molecule has 170 valence electrons. The zero-order chi connectivity index (χ0) is 21.8. The average Bonchev–Trinajstić information content (AvgIpc) is 3.49. The number of hydrogen-bond donors (Lipinski definition) is 0. The molecule has 5 rings (SSSR count). The molecule has 6 nitrogen and oxygen atoms in total. The number of ether oxygens (including phenoxy) is 1. The van der Waals surface area contributed by atoms with Gasteiger partial charge in [0, 0.05) is 38.3 Å². The molecule has 2 saturated heterocycles. The summed E-state index contributed by atoms with van der Waals surface area (Å²) in [6, 6.07) is 13.2. The van der Waals surface area contributed by atoms with Crippen molar-refractivity contribution in [2.24, 2.45) is 5.92 Å². The normalized spacial score (nSPS) is 20.5. The van der Waals surface area contributed by atoms with Crippen LogP contribution in [0.15, 0.2) is 47.1 Å². The highest BCUT2D eigenvalue weighted by atomic mass is 19.1. The molecule has 1 atom stereocenters. The molecule has 2 fully saturated rings. The van der Waals surface area contributed by atoms with Crippen molar-refractivity contribution in [2.75, 3.05) is 32.8 Å². The van der Waals surface area contributed by atoms with Gasteiger partial charge in [-0.05, 0) is 72.7 Å². The number of hydrogen-bond acceptors (Lipinski definition) is 6. The molecular weight excluding hydrogens is 407 g/mol. The third kappa shape index (κ3) is 5.17. The van der Waals surface area contributed by atoms with Crippen molar-refractivity contribution < 1.29 is 13.8 Å². The lowest BCUT2D eigenvalue weighted by Gasteiger charge is -2.35. The molecule has 3 heterocycles. The SMILES string of the molecule is Fc1ccccc1CN1CCC(CN(Cc2cccc3nonc23)CC2CCCO2)CC1. The van der Waals surface area contributed by atoms with E-state index in [1.807, 2.05) is 24.3 Å². The molecule has 0 aliphatic carbocycles. The van der Waals surface area contributed by atoms with Crippen molar-refractivity contribution in [1.82, 2.24) is 20.1 Å². The standard InChI is InChI=1S/C25H31FN4O2/c26-23-8-2-1-5-20(23)16-29-12-10-19(11-13-29)15-30(18-22-7-4-14-31-22)17-21-6-3-9-24-25(21)28-32-27-24/h1-3,5-6,8-9,19,22H,4,7,10-18H2. The van der Waals surface area contributed by atoms with Crippen LogP contribution in [0.1, 0.15) is 36.8 Å². The molecule has 32 heavy (non-hydrogen) atoms. The van der Waals surface area contributed by atoms with Crippen molar-refractivity contribution in [3.63, 3.8) is 0 Å². The smallest absolute Gasteiger partial charge is 0.139 e. The zero-order valence-electron chi connectivity index (χ0n) is 18.5. The highest BCUT2D eigenvalue weighted by Gasteiger charge is 2.25. The fourth-order valence-corrected chi connectivity index (χ4v) is 5.07. The molecule has 0 saturated carbocycles. The Kier molecular flexibility index (Phi) is 6.76. The summed E-state index contributed by atoms with van der Waals surface area (Å²) in [6.45, 7) is 6.38. The van der Waals surface area contributed by atoms with Gasteiger partial charge in [-0.3, -0.25) is 9.80 Å². The van der Waals surface area contributed by atoms with Gasteiger partial charge in [0.1, 0.15) is 16.9 Å². The highest BCUT2D eigenvalue weighted by Crippen LogP contribution is 2.24. The van der Waals surface area contributed by atoms with Crippen LogP contribution in [-0.2, 0) is 17.8 Å². The Labute approximate surface area is 188 Å². The second-order valence-corrected chi connectivity index (χ2v) is 9.19. The third-order valence-corrected chi connectivity index (χ3v) is 6.82. The van der Waals surface area contributed by atoms with Crippen LogP contribution in [0.4, 0.5) is 4.39 Å². The molecule has 0 N–H and O–H groups in total. The quantitative estimate of drug-likeness (QED) is 0.524. The molecule has 0 radical (unpaired) electrons. The summed E-state index contributed by atoms with van der Waals surface area (Å²) in [5.41, 5.74) is 3.60. The molecule has 1 aromatic heterocycles. The second kappa shape index (κ2) is 10.1. The molecule has 7 heteroatoms. The molecular formula is C25H31FN4O2. The largest absolute Gasteiger partial charge is 0.377 e. The summed E-state index contributed by atoms with van der Waals surface area (Å²) >= 11 is 0. The minimum absolute atomic E-state index is 0.103. The van der Waals surface area contributed by atoms with Gasteiger partial charge in [-0.25, -0.2) is 9.02 Å². The van der Waals surface area contributed by atoms with Crippen LogP contribution < -0.4 is 0 Å². The van der Waals surface area contributed by atoms with Gasteiger partial charge >= 0.3 is 0 Å². The van der Waals surface area contributed by atoms with Gasteiger partial charge in [-0.1, -0.05) is 30.3 Å². The van der Waals surface area contributed by atoms with E-state index in [9.17, 15) is 4.39 Å². The van der Waals surface area contributed by atoms with Crippen molar-refractivity contribution in [1.29, 1.82) is 0 Å². The molecule has 0 amide bonds. The molecule has 2 aromatic carbocycles. The molecule has 2 aliphatic heterocycles. The summed E-state index contributed by atoms with van der Waals surface area (Å²) in [5.74, 6) is 0.525. The van der Waals surface area contributed by atoms with Gasteiger partial charge in [0.05, 0.1) is 6.10 Å². The first-order chi connectivity index (χ1) is 15.7. The molecule has 1 unspecified atom stereocenters. The number of aromatic nitrogens is 2. The van der Waals surface area contributed by atoms with Crippen molar-refractivity contribution >= 4 is 11.0 Å². The maximum atomic E-state index is 14.0. The van der Waals surface area contributed by atoms with E-state index in [2.05, 4.69) is 26.2 Å². The van der Waals surface area contributed by atoms with Crippen LogP contribution in [0.5, 0.6) is 0 Å². The van der Waals surface area contributed by atoms with Gasteiger partial charge in [-0.15, -0.1) is 0 Å². The molecule has 0 spiro atoms. The van der Waals surface area contributed by atoms with Gasteiger partial charge in [0.25, 0.3) is 0 Å². The fraction of sp³-hybridized carbons (Fsp3) is 0.520. The van der Waals surface area contributed by atoms with Crippen LogP contribution in [0, 0.1) is 11.7 Å². The first-order valence-electron chi connectivity index (χ1n) is 11.7. The van der Waals surface area contributed by atoms with E-state index in [0.717, 1.165) is 87.2 Å². The Hall–Kier alpha value is -2.35. The number of rotatable bonds is 8. The monoisotopic (exact) mass is 438 g/mol. The van der Waals surface area contributed by atoms with E-state index >= 15 is 0 Å². The van der Waals surface area contributed by atoms with Gasteiger partial charge < -0.3 is 4.74 Å². The zero-order valence-corrected chi connectivity index (χ0v) is 18.5. The summed E-state index contributed by atoms with van der Waals surface area (Å²) in [6.07, 6.45) is 4.85. The molecule has 0 bridgehead atoms. The number of fused-ring (bicyclic) bond motifs is 1. The number of nitrogens with zero attached hydrogens (tertiary/aromatic N) is 4. The molecule has 2 aliphatic rings. The van der Waals surface area contributed by atoms with E-state index in [4.69, 9.17) is 9.37 Å². The van der Waals surface area contributed by atoms with Crippen molar-refractivity contribution in [3.05, 3.63) is 59.4 Å². The third-order valence-electron chi connectivity index (χ3n) is 6.82. The predicted octanol–water partition coefficient (Wildman–Crippen LogP) is 4.26. The van der Waals surface area contributed by atoms with Crippen LogP contribution in [0.25, 0.3) is 11.0 Å². The topological polar surface area (TPSA) is 54.6 Å². The summed E-state index contributed by atoms with van der Waals surface area (Å²) < 4.78 is 24.9. The Morgan fingerprint density at radius 3 is 2.62 bits per heavy atom. The number of likely N-dealkylation sites (tertiary alicyclic amines) is 1. The average molecular weight is 439 g/mol. The number of benzene rings is 2. The Balaban J connectivity index is 1.21. The summed E-state index contributed by atoms with van der Waals surface area (Å²) in [7, 11) is 0. The fourth-order valence-electron chi connectivity index (χ4n) is 5.07. The lowest BCUT2D eigenvalue weighted by atomic mass is 9.95. The van der Waals surface area contributed by atoms with E-state index in [0.29, 0.717) is 18.6 Å². The van der Waals surface area contributed by atoms with E-state index in [1.165, 1.54) is 0 Å². The maximum absolute atomic E-state index is 14.0. The molecule has 3 aromatic rings. The van der Waals surface area contributed by atoms with Crippen LogP contribution in [-0.4, -0.2) is 59.0 Å². The van der Waals surface area contributed by atoms with E-state index in [-0.39, 0.29) is 5.82 Å². The number of piperidine rings is 1. The lowest BCUT2D eigenvalue weighted by molar-refractivity contribution is 0.0570. The first kappa shape index (κ1) is 21.5. The van der Waals surface area contributed by atoms with Crippen molar-refractivity contribution in [3.8, 4) is 0 Å². The first-order valence-corrected chi connectivity index (χ1v) is 11.7. The van der Waals surface area contributed by atoms with E-state index < -0.39 is 0 Å². The lowest BCUT2D eigenvalue weighted by Crippen LogP contribution is -2.40. The van der Waals surface area contributed by atoms with Crippen LogP contribution in [0.3, 0.4) is 0 Å². The minimum Gasteiger partial charge on any atom is -0.377 e. The van der Waals surface area contributed by atoms with Crippen molar-refractivity contribution in [2.45, 2.75) is 44.9 Å². The van der Waals surface area contributed by atoms with Crippen LogP contribution >= 0.6 is 0 Å². The maximum Gasteiger partial charge on any atom is 0.139 e. The summed E-state index contributed by atoms with van der Waals surface area (Å²) in [5, 5.41) is 8.12. The minimum atomic E-state index is -0.103. The van der Waals surface area contributed by atoms with Gasteiger partial charge in [0.15, 0.2) is 0 Å². The Morgan fingerprint density at radius 1 is 0.969 bits per heavy atom.